The van der Waals surface area contributed by atoms with Crippen LogP contribution in [0, 0.1) is 0 Å². The van der Waals surface area contributed by atoms with Crippen LogP contribution in [-0.2, 0) is 0 Å². The van der Waals surface area contributed by atoms with Crippen LogP contribution in [0.25, 0.3) is 0 Å². The fourth-order valence-electron chi connectivity index (χ4n) is 0.742. The lowest BCUT2D eigenvalue weighted by Crippen LogP contribution is -1.95. The van der Waals surface area contributed by atoms with Crippen molar-refractivity contribution in [3.63, 3.8) is 0 Å². The molecule has 14 heavy (non-hydrogen) atoms. The molecule has 0 aliphatic rings. The topological polar surface area (TPSA) is 30.0 Å². The lowest BCUT2D eigenvalue weighted by molar-refractivity contribution is 0.0988. The number of aromatic nitrogens is 1. The molecular weight excluding hydrogens is 174 g/mol. The van der Waals surface area contributed by atoms with E-state index in [-0.39, 0.29) is 5.78 Å². The minimum Gasteiger partial charge on any atom is -0.294 e. The van der Waals surface area contributed by atoms with Gasteiger partial charge < -0.3 is 0 Å². The fourth-order valence-corrected chi connectivity index (χ4v) is 0.742. The van der Waals surface area contributed by atoms with Gasteiger partial charge in [-0.25, -0.2) is 0 Å². The Bertz CT molecular complexity index is 219. The number of rotatable bonds is 2. The van der Waals surface area contributed by atoms with E-state index in [0.29, 0.717) is 6.42 Å². The van der Waals surface area contributed by atoms with Gasteiger partial charge in [0, 0.05) is 24.4 Å². The first kappa shape index (κ1) is 15.3. The molecule has 0 fully saturated rings. The van der Waals surface area contributed by atoms with Crippen LogP contribution >= 0.6 is 0 Å². The molecule has 0 aliphatic heterocycles. The largest absolute Gasteiger partial charge is 0.294 e. The van der Waals surface area contributed by atoms with Gasteiger partial charge in [-0.3, -0.25) is 9.78 Å². The summed E-state index contributed by atoms with van der Waals surface area (Å²) in [5, 5.41) is 0. The molecule has 0 unspecified atom stereocenters. The van der Waals surface area contributed by atoms with Crippen LogP contribution in [0.5, 0.6) is 0 Å². The molecule has 1 aromatic heterocycles. The van der Waals surface area contributed by atoms with Gasteiger partial charge in [0.1, 0.15) is 0 Å². The molecule has 0 spiro atoms. The Morgan fingerprint density at radius 2 is 1.57 bits per heavy atom. The average Bonchev–Trinajstić information content (AvgIpc) is 2.34. The van der Waals surface area contributed by atoms with E-state index in [9.17, 15) is 4.79 Å². The highest BCUT2D eigenvalue weighted by Crippen LogP contribution is 1.99. The molecule has 0 saturated heterocycles. The van der Waals surface area contributed by atoms with Gasteiger partial charge in [-0.1, -0.05) is 34.6 Å². The number of carbonyl (C=O) groups excluding carboxylic acids is 1. The maximum atomic E-state index is 11.0. The van der Waals surface area contributed by atoms with Gasteiger partial charge in [-0.05, 0) is 12.1 Å². The minimum atomic E-state index is 0.169. The zero-order valence-electron chi connectivity index (χ0n) is 9.87. The molecule has 1 rings (SSSR count). The first-order valence-corrected chi connectivity index (χ1v) is 5.28. The van der Waals surface area contributed by atoms with Crippen molar-refractivity contribution in [3.8, 4) is 0 Å². The molecule has 2 heteroatoms. The fraction of sp³-hybridized carbons (Fsp3) is 0.500. The third-order valence-electron chi connectivity index (χ3n) is 1.32. The second-order valence-electron chi connectivity index (χ2n) is 2.01. The highest BCUT2D eigenvalue weighted by atomic mass is 16.1. The first-order valence-electron chi connectivity index (χ1n) is 5.28. The van der Waals surface area contributed by atoms with Gasteiger partial charge in [0.05, 0.1) is 0 Å². The Balaban J connectivity index is 0. The van der Waals surface area contributed by atoms with Crippen LogP contribution in [0.1, 0.15) is 51.4 Å². The molecule has 1 heterocycles. The molecular formula is C12H21NO. The highest BCUT2D eigenvalue weighted by Gasteiger charge is 1.98. The van der Waals surface area contributed by atoms with Crippen molar-refractivity contribution in [1.29, 1.82) is 0 Å². The third kappa shape index (κ3) is 6.35. The second-order valence-corrected chi connectivity index (χ2v) is 2.01. The molecule has 0 bridgehead atoms. The summed E-state index contributed by atoms with van der Waals surface area (Å²) < 4.78 is 0. The molecule has 80 valence electrons. The Kier molecular flexibility index (Phi) is 12.9. The summed E-state index contributed by atoms with van der Waals surface area (Å²) >= 11 is 0. The van der Waals surface area contributed by atoms with E-state index in [1.807, 2.05) is 34.6 Å². The molecule has 0 radical (unpaired) electrons. The molecule has 0 aromatic carbocycles. The Labute approximate surface area is 87.4 Å². The number of nitrogens with zero attached hydrogens (tertiary/aromatic N) is 1. The smallest absolute Gasteiger partial charge is 0.162 e. The summed E-state index contributed by atoms with van der Waals surface area (Å²) in [6.07, 6.45) is 3.82. The summed E-state index contributed by atoms with van der Waals surface area (Å²) in [6.45, 7) is 9.85. The van der Waals surface area contributed by atoms with Crippen LogP contribution < -0.4 is 0 Å². The molecule has 0 saturated carbocycles. The van der Waals surface area contributed by atoms with Crippen molar-refractivity contribution in [2.24, 2.45) is 0 Å². The van der Waals surface area contributed by atoms with Gasteiger partial charge >= 0.3 is 0 Å². The standard InChI is InChI=1S/C8H9NO.2C2H6/c1-2-8(10)7-3-5-9-6-4-7;2*1-2/h3-6H,2H2,1H3;2*1-2H3. The van der Waals surface area contributed by atoms with Gasteiger partial charge in [-0.15, -0.1) is 0 Å². The van der Waals surface area contributed by atoms with Crippen molar-refractivity contribution >= 4 is 5.78 Å². The van der Waals surface area contributed by atoms with Gasteiger partial charge in [0.2, 0.25) is 0 Å². The highest BCUT2D eigenvalue weighted by molar-refractivity contribution is 5.95. The zero-order chi connectivity index (χ0) is 11.4. The molecule has 0 amide bonds. The van der Waals surface area contributed by atoms with Crippen LogP contribution in [0.3, 0.4) is 0 Å². The number of ketones is 1. The Morgan fingerprint density at radius 1 is 1.14 bits per heavy atom. The summed E-state index contributed by atoms with van der Waals surface area (Å²) in [6, 6.07) is 3.46. The van der Waals surface area contributed by atoms with Crippen molar-refractivity contribution in [1.82, 2.24) is 4.98 Å². The van der Waals surface area contributed by atoms with E-state index in [2.05, 4.69) is 4.98 Å². The normalized spacial score (nSPS) is 7.50. The molecule has 0 N–H and O–H groups in total. The zero-order valence-corrected chi connectivity index (χ0v) is 9.87. The summed E-state index contributed by atoms with van der Waals surface area (Å²) in [5.41, 5.74) is 0.748. The van der Waals surface area contributed by atoms with E-state index in [4.69, 9.17) is 0 Å². The minimum absolute atomic E-state index is 0.169. The molecule has 0 aliphatic carbocycles. The van der Waals surface area contributed by atoms with E-state index in [0.717, 1.165) is 5.56 Å². The quantitative estimate of drug-likeness (QED) is 0.673. The van der Waals surface area contributed by atoms with E-state index in [1.165, 1.54) is 0 Å². The van der Waals surface area contributed by atoms with Gasteiger partial charge in [0.25, 0.3) is 0 Å². The van der Waals surface area contributed by atoms with Crippen LogP contribution in [0.2, 0.25) is 0 Å². The summed E-state index contributed by atoms with van der Waals surface area (Å²) in [5.74, 6) is 0.169. The lowest BCUT2D eigenvalue weighted by atomic mass is 10.1. The van der Waals surface area contributed by atoms with Crippen LogP contribution in [0.4, 0.5) is 0 Å². The Hall–Kier alpha value is -1.18. The third-order valence-corrected chi connectivity index (χ3v) is 1.32. The molecule has 2 nitrogen and oxygen atoms in total. The van der Waals surface area contributed by atoms with E-state index >= 15 is 0 Å². The van der Waals surface area contributed by atoms with Gasteiger partial charge in [0.15, 0.2) is 5.78 Å². The number of carbonyl (C=O) groups is 1. The Morgan fingerprint density at radius 3 is 1.93 bits per heavy atom. The van der Waals surface area contributed by atoms with Crippen LogP contribution in [-0.4, -0.2) is 10.8 Å². The maximum absolute atomic E-state index is 11.0. The number of Topliss-reactive ketones (excluding diaryl/α,β-unsaturated/α-hetero) is 1. The van der Waals surface area contributed by atoms with Crippen molar-refractivity contribution in [3.05, 3.63) is 30.1 Å². The molecule has 0 atom stereocenters. The first-order chi connectivity index (χ1) is 6.84. The monoisotopic (exact) mass is 195 g/mol. The van der Waals surface area contributed by atoms with E-state index < -0.39 is 0 Å². The summed E-state index contributed by atoms with van der Waals surface area (Å²) in [4.78, 5) is 14.8. The van der Waals surface area contributed by atoms with Crippen molar-refractivity contribution in [2.75, 3.05) is 0 Å². The molecule has 1 aromatic rings. The van der Waals surface area contributed by atoms with Crippen LogP contribution in [0.15, 0.2) is 24.5 Å². The predicted molar refractivity (Wildman–Crippen MR) is 61.6 cm³/mol. The summed E-state index contributed by atoms with van der Waals surface area (Å²) in [7, 11) is 0. The van der Waals surface area contributed by atoms with Crippen molar-refractivity contribution in [2.45, 2.75) is 41.0 Å². The second kappa shape index (κ2) is 11.8. The average molecular weight is 195 g/mol. The van der Waals surface area contributed by atoms with Gasteiger partial charge in [-0.2, -0.15) is 0 Å². The lowest BCUT2D eigenvalue weighted by Gasteiger charge is -1.93. The van der Waals surface area contributed by atoms with Crippen molar-refractivity contribution < 1.29 is 4.79 Å². The number of hydrogen-bond acceptors (Lipinski definition) is 2. The maximum Gasteiger partial charge on any atom is 0.162 e. The SMILES string of the molecule is CC.CC.CCC(=O)c1ccncc1. The number of pyridine rings is 1. The van der Waals surface area contributed by atoms with E-state index in [1.54, 1.807) is 24.5 Å². The number of hydrogen-bond donors (Lipinski definition) is 0. The predicted octanol–water partition coefficient (Wildman–Crippen LogP) is 3.73.